The van der Waals surface area contributed by atoms with Crippen LogP contribution in [0.2, 0.25) is 5.02 Å². The zero-order valence-corrected chi connectivity index (χ0v) is 16.3. The van der Waals surface area contributed by atoms with Crippen molar-refractivity contribution in [2.75, 3.05) is 6.61 Å². The second-order valence-electron chi connectivity index (χ2n) is 6.46. The van der Waals surface area contributed by atoms with Crippen LogP contribution in [0.4, 0.5) is 0 Å². The van der Waals surface area contributed by atoms with Crippen LogP contribution < -0.4 is 9.47 Å². The fraction of sp³-hybridized carbons (Fsp3) is 0.409. The highest BCUT2D eigenvalue weighted by atomic mass is 35.5. The van der Waals surface area contributed by atoms with E-state index in [1.807, 2.05) is 19.1 Å². The van der Waals surface area contributed by atoms with Gasteiger partial charge in [-0.2, -0.15) is 0 Å². The quantitative estimate of drug-likeness (QED) is 0.267. The lowest BCUT2D eigenvalue weighted by Crippen LogP contribution is -2.08. The zero-order valence-electron chi connectivity index (χ0n) is 15.6. The first-order chi connectivity index (χ1) is 12.6. The molecule has 2 rings (SSSR count). The molecule has 0 aliphatic rings. The molecule has 0 bridgehead atoms. The van der Waals surface area contributed by atoms with Crippen LogP contribution in [0.25, 0.3) is 0 Å². The number of hydrogen-bond donors (Lipinski definition) is 0. The number of rotatable bonds is 10. The monoisotopic (exact) mass is 374 g/mol. The molecular formula is C22H27ClO3. The molecule has 4 heteroatoms. The fourth-order valence-electron chi connectivity index (χ4n) is 2.58. The third-order valence-corrected chi connectivity index (χ3v) is 4.45. The van der Waals surface area contributed by atoms with Gasteiger partial charge in [0.15, 0.2) is 0 Å². The molecule has 2 aromatic rings. The Morgan fingerprint density at radius 2 is 1.65 bits per heavy atom. The Morgan fingerprint density at radius 3 is 2.35 bits per heavy atom. The Kier molecular flexibility index (Phi) is 8.49. The smallest absolute Gasteiger partial charge is 0.343 e. The first-order valence-electron chi connectivity index (χ1n) is 9.31. The van der Waals surface area contributed by atoms with Crippen molar-refractivity contribution in [1.82, 2.24) is 0 Å². The largest absolute Gasteiger partial charge is 0.492 e. The maximum absolute atomic E-state index is 12.2. The minimum atomic E-state index is -0.432. The molecule has 0 saturated heterocycles. The molecule has 0 spiro atoms. The van der Waals surface area contributed by atoms with Crippen molar-refractivity contribution in [3.05, 3.63) is 58.6 Å². The SMILES string of the molecule is CCCCCCCCOc1ccc(C(=O)Oc2ccc(C)cc2)cc1Cl. The van der Waals surface area contributed by atoms with E-state index in [-0.39, 0.29) is 0 Å². The number of ether oxygens (including phenoxy) is 2. The summed E-state index contributed by atoms with van der Waals surface area (Å²) in [4.78, 5) is 12.2. The molecule has 0 N–H and O–H groups in total. The molecular weight excluding hydrogens is 348 g/mol. The zero-order chi connectivity index (χ0) is 18.8. The molecule has 3 nitrogen and oxygen atoms in total. The van der Waals surface area contributed by atoms with E-state index in [1.165, 1.54) is 32.1 Å². The molecule has 0 fully saturated rings. The van der Waals surface area contributed by atoms with Crippen molar-refractivity contribution in [1.29, 1.82) is 0 Å². The summed E-state index contributed by atoms with van der Waals surface area (Å²) < 4.78 is 11.1. The number of benzene rings is 2. The van der Waals surface area contributed by atoms with Gasteiger partial charge in [-0.25, -0.2) is 4.79 Å². The van der Waals surface area contributed by atoms with Crippen LogP contribution in [-0.4, -0.2) is 12.6 Å². The molecule has 0 unspecified atom stereocenters. The maximum atomic E-state index is 12.2. The number of unbranched alkanes of at least 4 members (excludes halogenated alkanes) is 5. The van der Waals surface area contributed by atoms with Gasteiger partial charge in [0.25, 0.3) is 0 Å². The standard InChI is InChI=1S/C22H27ClO3/c1-3-4-5-6-7-8-15-25-21-14-11-18(16-20(21)23)22(24)26-19-12-9-17(2)10-13-19/h9-14,16H,3-8,15H2,1-2H3. The minimum Gasteiger partial charge on any atom is -0.492 e. The number of carbonyl (C=O) groups excluding carboxylic acids is 1. The number of hydrogen-bond acceptors (Lipinski definition) is 3. The van der Waals surface area contributed by atoms with E-state index in [1.54, 1.807) is 30.3 Å². The highest BCUT2D eigenvalue weighted by molar-refractivity contribution is 6.32. The second kappa shape index (κ2) is 10.9. The van der Waals surface area contributed by atoms with Gasteiger partial charge in [-0.1, -0.05) is 68.3 Å². The molecule has 0 amide bonds. The molecule has 140 valence electrons. The maximum Gasteiger partial charge on any atom is 0.343 e. The molecule has 2 aromatic carbocycles. The van der Waals surface area contributed by atoms with Gasteiger partial charge >= 0.3 is 5.97 Å². The van der Waals surface area contributed by atoms with Gasteiger partial charge in [0.2, 0.25) is 0 Å². The van der Waals surface area contributed by atoms with Crippen LogP contribution in [0.5, 0.6) is 11.5 Å². The Bertz CT molecular complexity index is 695. The molecule has 0 radical (unpaired) electrons. The average molecular weight is 375 g/mol. The van der Waals surface area contributed by atoms with E-state index in [4.69, 9.17) is 21.1 Å². The van der Waals surface area contributed by atoms with E-state index in [2.05, 4.69) is 6.92 Å². The van der Waals surface area contributed by atoms with Gasteiger partial charge in [0.05, 0.1) is 17.2 Å². The lowest BCUT2D eigenvalue weighted by atomic mass is 10.1. The molecule has 0 aliphatic carbocycles. The van der Waals surface area contributed by atoms with Crippen molar-refractivity contribution in [2.24, 2.45) is 0 Å². The second-order valence-corrected chi connectivity index (χ2v) is 6.87. The molecule has 26 heavy (non-hydrogen) atoms. The number of carbonyl (C=O) groups is 1. The van der Waals surface area contributed by atoms with Crippen LogP contribution in [0.15, 0.2) is 42.5 Å². The van der Waals surface area contributed by atoms with Crippen molar-refractivity contribution in [3.8, 4) is 11.5 Å². The Labute approximate surface area is 161 Å². The summed E-state index contributed by atoms with van der Waals surface area (Å²) in [6.45, 7) is 4.83. The topological polar surface area (TPSA) is 35.5 Å². The van der Waals surface area contributed by atoms with Gasteiger partial charge in [0, 0.05) is 0 Å². The Hall–Kier alpha value is -2.00. The normalized spacial score (nSPS) is 10.6. The first-order valence-corrected chi connectivity index (χ1v) is 9.69. The third-order valence-electron chi connectivity index (χ3n) is 4.15. The van der Waals surface area contributed by atoms with Crippen LogP contribution in [0.3, 0.4) is 0 Å². The summed E-state index contributed by atoms with van der Waals surface area (Å²) in [5, 5.41) is 0.425. The highest BCUT2D eigenvalue weighted by Gasteiger charge is 2.12. The van der Waals surface area contributed by atoms with Crippen LogP contribution in [-0.2, 0) is 0 Å². The van der Waals surface area contributed by atoms with Crippen LogP contribution >= 0.6 is 11.6 Å². The van der Waals surface area contributed by atoms with Crippen molar-refractivity contribution < 1.29 is 14.3 Å². The van der Waals surface area contributed by atoms with Gasteiger partial charge in [-0.05, 0) is 43.7 Å². The fourth-order valence-corrected chi connectivity index (χ4v) is 2.82. The van der Waals surface area contributed by atoms with E-state index in [0.29, 0.717) is 28.7 Å². The van der Waals surface area contributed by atoms with Crippen LogP contribution in [0.1, 0.15) is 61.4 Å². The van der Waals surface area contributed by atoms with E-state index < -0.39 is 5.97 Å². The number of halogens is 1. The van der Waals surface area contributed by atoms with Crippen molar-refractivity contribution in [3.63, 3.8) is 0 Å². The predicted molar refractivity (Wildman–Crippen MR) is 106 cm³/mol. The summed E-state index contributed by atoms with van der Waals surface area (Å²) in [5.74, 6) is 0.686. The van der Waals surface area contributed by atoms with Crippen molar-refractivity contribution >= 4 is 17.6 Å². The number of esters is 1. The summed E-state index contributed by atoms with van der Waals surface area (Å²) in [6, 6.07) is 12.3. The summed E-state index contributed by atoms with van der Waals surface area (Å²) in [5.41, 5.74) is 1.52. The predicted octanol–water partition coefficient (Wildman–Crippen LogP) is 6.61. The number of aryl methyl sites for hydroxylation is 1. The first kappa shape index (κ1) is 20.3. The molecule has 0 atom stereocenters. The molecule has 0 aliphatic heterocycles. The average Bonchev–Trinajstić information content (AvgIpc) is 2.64. The Balaban J connectivity index is 1.82. The lowest BCUT2D eigenvalue weighted by molar-refractivity contribution is 0.0734. The highest BCUT2D eigenvalue weighted by Crippen LogP contribution is 2.26. The summed E-state index contributed by atoms with van der Waals surface area (Å²) in [7, 11) is 0. The van der Waals surface area contributed by atoms with Gasteiger partial charge in [0.1, 0.15) is 11.5 Å². The van der Waals surface area contributed by atoms with E-state index in [0.717, 1.165) is 12.0 Å². The Morgan fingerprint density at radius 1 is 0.962 bits per heavy atom. The molecule has 0 saturated carbocycles. The van der Waals surface area contributed by atoms with E-state index >= 15 is 0 Å². The summed E-state index contributed by atoms with van der Waals surface area (Å²) >= 11 is 6.25. The summed E-state index contributed by atoms with van der Waals surface area (Å²) in [6.07, 6.45) is 7.26. The van der Waals surface area contributed by atoms with Gasteiger partial charge in [-0.3, -0.25) is 0 Å². The minimum absolute atomic E-state index is 0.405. The third kappa shape index (κ3) is 6.72. The molecule has 0 heterocycles. The lowest BCUT2D eigenvalue weighted by Gasteiger charge is -2.10. The van der Waals surface area contributed by atoms with E-state index in [9.17, 15) is 4.79 Å². The van der Waals surface area contributed by atoms with Crippen molar-refractivity contribution in [2.45, 2.75) is 52.4 Å². The van der Waals surface area contributed by atoms with Crippen LogP contribution in [0, 0.1) is 6.92 Å². The van der Waals surface area contributed by atoms with Gasteiger partial charge in [-0.15, -0.1) is 0 Å². The van der Waals surface area contributed by atoms with Gasteiger partial charge < -0.3 is 9.47 Å². The molecule has 0 aromatic heterocycles.